The lowest BCUT2D eigenvalue weighted by molar-refractivity contribution is -0.119. The predicted molar refractivity (Wildman–Crippen MR) is 127 cm³/mol. The van der Waals surface area contributed by atoms with E-state index in [4.69, 9.17) is 16.3 Å². The molecule has 1 unspecified atom stereocenters. The third-order valence-corrected chi connectivity index (χ3v) is 6.06. The summed E-state index contributed by atoms with van der Waals surface area (Å²) in [4.78, 5) is 31.6. The highest BCUT2D eigenvalue weighted by Crippen LogP contribution is 2.23. The van der Waals surface area contributed by atoms with Gasteiger partial charge < -0.3 is 15.0 Å². The Morgan fingerprint density at radius 1 is 1.19 bits per heavy atom. The number of likely N-dealkylation sites (tertiary alicyclic amines) is 1. The lowest BCUT2D eigenvalue weighted by atomic mass is 10.0. The smallest absolute Gasteiger partial charge is 0.312 e. The van der Waals surface area contributed by atoms with E-state index in [2.05, 4.69) is 15.2 Å². The van der Waals surface area contributed by atoms with Crippen molar-refractivity contribution in [1.29, 1.82) is 0 Å². The Bertz CT molecular complexity index is 971. The van der Waals surface area contributed by atoms with Crippen molar-refractivity contribution in [3.05, 3.63) is 64.4 Å². The Morgan fingerprint density at radius 3 is 2.69 bits per heavy atom. The number of halogens is 1. The van der Waals surface area contributed by atoms with Crippen molar-refractivity contribution in [2.24, 2.45) is 4.99 Å². The van der Waals surface area contributed by atoms with Gasteiger partial charge in [-0.1, -0.05) is 36.6 Å². The van der Waals surface area contributed by atoms with E-state index in [9.17, 15) is 9.59 Å². The number of hydrogen-bond acceptors (Lipinski definition) is 4. The van der Waals surface area contributed by atoms with Gasteiger partial charge in [0.05, 0.1) is 5.71 Å². The molecule has 1 aliphatic carbocycles. The van der Waals surface area contributed by atoms with Crippen molar-refractivity contribution in [1.82, 2.24) is 10.2 Å². The molecule has 0 bridgehead atoms. The van der Waals surface area contributed by atoms with Crippen LogP contribution in [-0.4, -0.2) is 54.7 Å². The highest BCUT2D eigenvalue weighted by atomic mass is 35.5. The van der Waals surface area contributed by atoms with Gasteiger partial charge in [0.25, 0.3) is 5.91 Å². The summed E-state index contributed by atoms with van der Waals surface area (Å²) in [7, 11) is 0. The fourth-order valence-electron chi connectivity index (χ4n) is 4.05. The fraction of sp³-hybridized carbons (Fsp3) is 0.400. The summed E-state index contributed by atoms with van der Waals surface area (Å²) in [6.07, 6.45) is 12.4. The lowest BCUT2D eigenvalue weighted by Gasteiger charge is -2.24. The van der Waals surface area contributed by atoms with Crippen LogP contribution in [0.2, 0.25) is 5.02 Å². The van der Waals surface area contributed by atoms with Crippen LogP contribution in [0.3, 0.4) is 0 Å². The van der Waals surface area contributed by atoms with E-state index >= 15 is 0 Å². The van der Waals surface area contributed by atoms with E-state index in [1.54, 1.807) is 48.6 Å². The molecule has 7 heteroatoms. The minimum absolute atomic E-state index is 0.159. The summed E-state index contributed by atoms with van der Waals surface area (Å²) >= 11 is 5.90. The van der Waals surface area contributed by atoms with Crippen molar-refractivity contribution in [2.45, 2.75) is 38.2 Å². The Kier molecular flexibility index (Phi) is 7.55. The molecule has 4 rings (SSSR count). The summed E-state index contributed by atoms with van der Waals surface area (Å²) in [5.74, 6) is -0.455. The molecular weight excluding hydrogens is 426 g/mol. The molecule has 0 radical (unpaired) electrons. The zero-order valence-electron chi connectivity index (χ0n) is 18.1. The molecule has 2 aliphatic heterocycles. The fourth-order valence-corrected chi connectivity index (χ4v) is 4.17. The summed E-state index contributed by atoms with van der Waals surface area (Å²) in [6.45, 7) is 3.95. The van der Waals surface area contributed by atoms with Crippen LogP contribution in [0.25, 0.3) is 6.08 Å². The molecule has 1 saturated heterocycles. The molecular formula is C25H28ClN3O3. The zero-order chi connectivity index (χ0) is 22.3. The van der Waals surface area contributed by atoms with Gasteiger partial charge in [-0.3, -0.25) is 9.59 Å². The molecule has 1 aromatic carbocycles. The monoisotopic (exact) mass is 453 g/mol. The van der Waals surface area contributed by atoms with Crippen LogP contribution >= 0.6 is 11.6 Å². The number of fused-ring (bicyclic) bond motifs is 1. The van der Waals surface area contributed by atoms with Gasteiger partial charge in [-0.25, -0.2) is 4.99 Å². The first-order valence-corrected chi connectivity index (χ1v) is 11.6. The summed E-state index contributed by atoms with van der Waals surface area (Å²) in [5.41, 5.74) is 1.73. The SMILES string of the molecule is O=C(NCCCN1CCCCCC1)C1=CC2=NC(=O)/C(=C\c3ccc(Cl)cc3)OC2C=C1. The van der Waals surface area contributed by atoms with Crippen molar-refractivity contribution in [3.8, 4) is 0 Å². The molecule has 1 N–H and O–H groups in total. The van der Waals surface area contributed by atoms with Gasteiger partial charge in [-0.15, -0.1) is 0 Å². The lowest BCUT2D eigenvalue weighted by Crippen LogP contribution is -2.34. The minimum atomic E-state index is -0.481. The van der Waals surface area contributed by atoms with Crippen LogP contribution in [-0.2, 0) is 14.3 Å². The molecule has 32 heavy (non-hydrogen) atoms. The third kappa shape index (κ3) is 5.96. The normalized spacial score (nSPS) is 22.5. The van der Waals surface area contributed by atoms with Gasteiger partial charge in [-0.05, 0) is 80.9 Å². The minimum Gasteiger partial charge on any atom is -0.474 e. The van der Waals surface area contributed by atoms with E-state index in [0.717, 1.165) is 31.6 Å². The zero-order valence-corrected chi connectivity index (χ0v) is 18.8. The van der Waals surface area contributed by atoms with Crippen LogP contribution in [0.1, 0.15) is 37.7 Å². The van der Waals surface area contributed by atoms with Crippen LogP contribution in [0.5, 0.6) is 0 Å². The van der Waals surface area contributed by atoms with Crippen molar-refractivity contribution < 1.29 is 14.3 Å². The van der Waals surface area contributed by atoms with E-state index < -0.39 is 12.0 Å². The molecule has 1 atom stereocenters. The molecule has 6 nitrogen and oxygen atoms in total. The molecule has 0 aromatic heterocycles. The number of amides is 2. The van der Waals surface area contributed by atoms with Crippen LogP contribution in [0, 0.1) is 0 Å². The number of aliphatic imine (C=N–C) groups is 1. The Balaban J connectivity index is 1.32. The van der Waals surface area contributed by atoms with E-state index in [-0.39, 0.29) is 11.7 Å². The summed E-state index contributed by atoms with van der Waals surface area (Å²) < 4.78 is 5.82. The molecule has 1 aromatic rings. The maximum atomic E-state index is 12.5. The second-order valence-corrected chi connectivity index (χ2v) is 8.70. The number of ether oxygens (including phenoxy) is 1. The molecule has 1 fully saturated rings. The number of benzene rings is 1. The number of carbonyl (C=O) groups is 2. The van der Waals surface area contributed by atoms with Crippen molar-refractivity contribution in [3.63, 3.8) is 0 Å². The number of hydrogen-bond donors (Lipinski definition) is 1. The maximum Gasteiger partial charge on any atom is 0.312 e. The number of nitrogens with zero attached hydrogens (tertiary/aromatic N) is 2. The van der Waals surface area contributed by atoms with Crippen LogP contribution in [0.15, 0.2) is 58.8 Å². The average Bonchev–Trinajstić information content (AvgIpc) is 3.07. The standard InChI is InChI=1S/C25H28ClN3O3/c26-20-9-6-18(7-10-20)16-23-25(31)28-21-17-19(8-11-22(21)32-23)24(30)27-12-5-15-29-13-3-1-2-4-14-29/h6-11,16-17,22H,1-5,12-15H2,(H,27,30)/b23-16+. The Morgan fingerprint density at radius 2 is 1.94 bits per heavy atom. The Hall–Kier alpha value is -2.70. The molecule has 2 amide bonds. The van der Waals surface area contributed by atoms with Gasteiger partial charge in [0.15, 0.2) is 11.9 Å². The van der Waals surface area contributed by atoms with Crippen LogP contribution in [0.4, 0.5) is 0 Å². The average molecular weight is 454 g/mol. The largest absolute Gasteiger partial charge is 0.474 e. The maximum absolute atomic E-state index is 12.5. The first-order valence-electron chi connectivity index (χ1n) is 11.3. The molecule has 168 valence electrons. The molecule has 0 saturated carbocycles. The van der Waals surface area contributed by atoms with Crippen molar-refractivity contribution in [2.75, 3.05) is 26.2 Å². The number of rotatable bonds is 6. The summed E-state index contributed by atoms with van der Waals surface area (Å²) in [6, 6.07) is 7.10. The van der Waals surface area contributed by atoms with Crippen molar-refractivity contribution >= 4 is 35.2 Å². The van der Waals surface area contributed by atoms with Gasteiger partial charge >= 0.3 is 5.91 Å². The van der Waals surface area contributed by atoms with Crippen LogP contribution < -0.4 is 5.32 Å². The van der Waals surface area contributed by atoms with E-state index in [1.165, 1.54) is 25.7 Å². The molecule has 2 heterocycles. The number of carbonyl (C=O) groups excluding carboxylic acids is 2. The highest BCUT2D eigenvalue weighted by Gasteiger charge is 2.29. The van der Waals surface area contributed by atoms with Gasteiger partial charge in [0.2, 0.25) is 0 Å². The van der Waals surface area contributed by atoms with E-state index in [1.807, 2.05) is 0 Å². The quantitative estimate of drug-likeness (QED) is 0.523. The van der Waals surface area contributed by atoms with Gasteiger partial charge in [-0.2, -0.15) is 0 Å². The molecule has 0 spiro atoms. The number of nitrogens with one attached hydrogen (secondary N) is 1. The van der Waals surface area contributed by atoms with Gasteiger partial charge in [0, 0.05) is 17.1 Å². The molecule has 3 aliphatic rings. The van der Waals surface area contributed by atoms with Gasteiger partial charge in [0.1, 0.15) is 0 Å². The third-order valence-electron chi connectivity index (χ3n) is 5.81. The second-order valence-electron chi connectivity index (χ2n) is 8.26. The second kappa shape index (κ2) is 10.7. The predicted octanol–water partition coefficient (Wildman–Crippen LogP) is 3.93. The summed E-state index contributed by atoms with van der Waals surface area (Å²) in [5, 5.41) is 3.59. The topological polar surface area (TPSA) is 71.0 Å². The first kappa shape index (κ1) is 22.5. The highest BCUT2D eigenvalue weighted by molar-refractivity contribution is 6.30. The van der Waals surface area contributed by atoms with E-state index in [0.29, 0.717) is 22.9 Å². The Labute approximate surface area is 193 Å². The first-order chi connectivity index (χ1) is 15.6.